The van der Waals surface area contributed by atoms with Crippen LogP contribution in [0.5, 0.6) is 11.5 Å². The van der Waals surface area contributed by atoms with E-state index in [1.165, 1.54) is 29.2 Å². The second kappa shape index (κ2) is 12.9. The van der Waals surface area contributed by atoms with Crippen molar-refractivity contribution in [1.82, 2.24) is 15.3 Å². The number of hydrogen-bond donors (Lipinski definition) is 3. The van der Waals surface area contributed by atoms with Crippen molar-refractivity contribution in [2.75, 3.05) is 18.4 Å². The van der Waals surface area contributed by atoms with E-state index >= 15 is 0 Å². The number of aromatic hydroxyl groups is 1. The number of rotatable bonds is 10. The van der Waals surface area contributed by atoms with E-state index < -0.39 is 6.03 Å². The molecule has 8 nitrogen and oxygen atoms in total. The molecule has 0 fully saturated rings. The normalized spacial score (nSPS) is 11.4. The van der Waals surface area contributed by atoms with E-state index in [-0.39, 0.29) is 12.4 Å². The van der Waals surface area contributed by atoms with Gasteiger partial charge < -0.3 is 9.84 Å². The molecule has 0 saturated heterocycles. The molecule has 0 unspecified atom stereocenters. The van der Waals surface area contributed by atoms with Gasteiger partial charge in [0.1, 0.15) is 18.1 Å². The molecule has 0 aliphatic heterocycles. The summed E-state index contributed by atoms with van der Waals surface area (Å²) >= 11 is 13.5. The molecule has 198 valence electrons. The fraction of sp³-hybridized carbons (Fsp3) is 0.222. The Bertz CT molecular complexity index is 1460. The average molecular weight is 573 g/mol. The molecular weight excluding hydrogens is 545 g/mol. The summed E-state index contributed by atoms with van der Waals surface area (Å²) in [7, 11) is 0. The quantitative estimate of drug-likeness (QED) is 0.142. The molecule has 11 heteroatoms. The van der Waals surface area contributed by atoms with E-state index in [1.807, 2.05) is 6.07 Å². The van der Waals surface area contributed by atoms with Crippen molar-refractivity contribution < 1.29 is 14.6 Å². The SMILES string of the molecule is CCN(CC)Cc1ccc2nc(NC(=O)N/N=C/c3ccc(OCc4ccc(Cl)cc4Cl)cc3O)sc2c1. The van der Waals surface area contributed by atoms with Crippen LogP contribution in [0.4, 0.5) is 9.93 Å². The smallest absolute Gasteiger partial charge is 0.341 e. The van der Waals surface area contributed by atoms with Crippen molar-refractivity contribution in [1.29, 1.82) is 0 Å². The molecule has 1 aromatic heterocycles. The topological polar surface area (TPSA) is 99.1 Å². The van der Waals surface area contributed by atoms with Crippen LogP contribution in [-0.4, -0.2) is 40.3 Å². The van der Waals surface area contributed by atoms with Crippen LogP contribution in [0.3, 0.4) is 0 Å². The zero-order chi connectivity index (χ0) is 27.1. The van der Waals surface area contributed by atoms with Gasteiger partial charge in [-0.15, -0.1) is 0 Å². The van der Waals surface area contributed by atoms with E-state index in [0.29, 0.717) is 26.5 Å². The maximum atomic E-state index is 12.3. The minimum Gasteiger partial charge on any atom is -0.507 e. The summed E-state index contributed by atoms with van der Waals surface area (Å²) in [5, 5.41) is 18.4. The second-order valence-electron chi connectivity index (χ2n) is 8.35. The molecule has 38 heavy (non-hydrogen) atoms. The Morgan fingerprint density at radius 3 is 2.68 bits per heavy atom. The standard InChI is InChI=1S/C27H27Cl2N5O3S/c1-3-34(4-2)15-17-5-10-23-25(11-17)38-27(31-23)32-26(36)33-30-14-18-7-9-21(13-24(18)35)37-16-19-6-8-20(28)12-22(19)29/h5-14,35H,3-4,15-16H2,1-2H3,(H2,31,32,33,36)/b30-14+. The highest BCUT2D eigenvalue weighted by Gasteiger charge is 2.10. The molecule has 1 heterocycles. The number of hydrogen-bond acceptors (Lipinski definition) is 7. The molecule has 0 aliphatic carbocycles. The number of anilines is 1. The van der Waals surface area contributed by atoms with Crippen molar-refractivity contribution in [2.45, 2.75) is 27.0 Å². The average Bonchev–Trinajstić information content (AvgIpc) is 3.29. The van der Waals surface area contributed by atoms with Crippen molar-refractivity contribution >= 4 is 62.1 Å². The number of amides is 2. The molecule has 4 rings (SSSR count). The van der Waals surface area contributed by atoms with Gasteiger partial charge in [-0.25, -0.2) is 15.2 Å². The largest absolute Gasteiger partial charge is 0.507 e. The molecule has 0 saturated carbocycles. The lowest BCUT2D eigenvalue weighted by Gasteiger charge is -2.17. The number of ether oxygens (including phenoxy) is 1. The molecule has 3 aromatic carbocycles. The zero-order valence-electron chi connectivity index (χ0n) is 20.9. The Kier molecular flexibility index (Phi) is 9.41. The third-order valence-electron chi connectivity index (χ3n) is 5.76. The Morgan fingerprint density at radius 2 is 1.95 bits per heavy atom. The molecule has 0 spiro atoms. The van der Waals surface area contributed by atoms with Gasteiger partial charge in [0.2, 0.25) is 0 Å². The maximum Gasteiger partial charge on any atom is 0.341 e. The third-order valence-corrected chi connectivity index (χ3v) is 7.28. The van der Waals surface area contributed by atoms with E-state index in [4.69, 9.17) is 27.9 Å². The Balaban J connectivity index is 1.30. The summed E-state index contributed by atoms with van der Waals surface area (Å²) in [4.78, 5) is 19.1. The first-order valence-electron chi connectivity index (χ1n) is 12.0. The van der Waals surface area contributed by atoms with E-state index in [0.717, 1.165) is 35.4 Å². The number of benzene rings is 3. The van der Waals surface area contributed by atoms with Crippen LogP contribution in [0.2, 0.25) is 10.0 Å². The monoisotopic (exact) mass is 571 g/mol. The Morgan fingerprint density at radius 1 is 1.13 bits per heavy atom. The third kappa shape index (κ3) is 7.35. The van der Waals surface area contributed by atoms with Crippen LogP contribution >= 0.6 is 34.5 Å². The van der Waals surface area contributed by atoms with Crippen LogP contribution in [0.25, 0.3) is 10.2 Å². The molecular formula is C27H27Cl2N5O3S. The molecule has 0 radical (unpaired) electrons. The van der Waals surface area contributed by atoms with Crippen LogP contribution in [0.15, 0.2) is 59.7 Å². The molecule has 0 atom stereocenters. The maximum absolute atomic E-state index is 12.3. The summed E-state index contributed by atoms with van der Waals surface area (Å²) in [5.74, 6) is 0.398. The highest BCUT2D eigenvalue weighted by Crippen LogP contribution is 2.28. The number of phenolic OH excluding ortho intramolecular Hbond substituents is 1. The van der Waals surface area contributed by atoms with Crippen molar-refractivity contribution in [3.8, 4) is 11.5 Å². The number of halogens is 2. The molecule has 0 bridgehead atoms. The van der Waals surface area contributed by atoms with Gasteiger partial charge in [0.25, 0.3) is 0 Å². The Labute approximate surface area is 234 Å². The highest BCUT2D eigenvalue weighted by atomic mass is 35.5. The lowest BCUT2D eigenvalue weighted by Crippen LogP contribution is -2.24. The predicted octanol–water partition coefficient (Wildman–Crippen LogP) is 6.89. The van der Waals surface area contributed by atoms with Gasteiger partial charge in [-0.2, -0.15) is 5.10 Å². The predicted molar refractivity (Wildman–Crippen MR) is 155 cm³/mol. The lowest BCUT2D eigenvalue weighted by atomic mass is 10.2. The van der Waals surface area contributed by atoms with Gasteiger partial charge in [0.05, 0.1) is 16.4 Å². The number of thiazole rings is 1. The fourth-order valence-corrected chi connectivity index (χ4v) is 5.02. The van der Waals surface area contributed by atoms with Gasteiger partial charge in [-0.05, 0) is 55.1 Å². The molecule has 0 aliphatic rings. The van der Waals surface area contributed by atoms with Gasteiger partial charge in [0.15, 0.2) is 5.13 Å². The first-order valence-corrected chi connectivity index (χ1v) is 13.5. The number of carbonyl (C=O) groups is 1. The summed E-state index contributed by atoms with van der Waals surface area (Å²) in [6.07, 6.45) is 1.34. The summed E-state index contributed by atoms with van der Waals surface area (Å²) in [5.41, 5.74) is 5.59. The van der Waals surface area contributed by atoms with Gasteiger partial charge in [-0.3, -0.25) is 10.2 Å². The van der Waals surface area contributed by atoms with Crippen LogP contribution in [-0.2, 0) is 13.2 Å². The summed E-state index contributed by atoms with van der Waals surface area (Å²) in [6, 6.07) is 15.5. The van der Waals surface area contributed by atoms with E-state index in [9.17, 15) is 9.90 Å². The molecule has 3 N–H and O–H groups in total. The molecule has 4 aromatic rings. The van der Waals surface area contributed by atoms with Gasteiger partial charge in [-0.1, -0.05) is 60.5 Å². The minimum absolute atomic E-state index is 0.0534. The number of phenols is 1. The second-order valence-corrected chi connectivity index (χ2v) is 10.2. The molecule has 2 amide bonds. The number of urea groups is 1. The minimum atomic E-state index is -0.539. The number of carbonyl (C=O) groups excluding carboxylic acids is 1. The summed E-state index contributed by atoms with van der Waals surface area (Å²) in [6.45, 7) is 7.34. The Hall–Kier alpha value is -3.37. The first-order chi connectivity index (χ1) is 18.3. The first kappa shape index (κ1) is 27.7. The lowest BCUT2D eigenvalue weighted by molar-refractivity contribution is 0.252. The van der Waals surface area contributed by atoms with E-state index in [1.54, 1.807) is 30.3 Å². The van der Waals surface area contributed by atoms with Crippen LogP contribution < -0.4 is 15.5 Å². The van der Waals surface area contributed by atoms with Crippen LogP contribution in [0, 0.1) is 0 Å². The zero-order valence-corrected chi connectivity index (χ0v) is 23.2. The van der Waals surface area contributed by atoms with Gasteiger partial charge in [0, 0.05) is 33.8 Å². The van der Waals surface area contributed by atoms with E-state index in [2.05, 4.69) is 51.7 Å². The number of nitrogens with one attached hydrogen (secondary N) is 2. The van der Waals surface area contributed by atoms with Crippen molar-refractivity contribution in [2.24, 2.45) is 5.10 Å². The summed E-state index contributed by atoms with van der Waals surface area (Å²) < 4.78 is 6.70. The number of aromatic nitrogens is 1. The number of hydrazone groups is 1. The fourth-order valence-electron chi connectivity index (χ4n) is 3.63. The van der Waals surface area contributed by atoms with Gasteiger partial charge >= 0.3 is 6.03 Å². The van der Waals surface area contributed by atoms with Crippen LogP contribution in [0.1, 0.15) is 30.5 Å². The van der Waals surface area contributed by atoms with Crippen molar-refractivity contribution in [3.63, 3.8) is 0 Å². The number of nitrogens with zero attached hydrogens (tertiary/aromatic N) is 3. The van der Waals surface area contributed by atoms with Crippen molar-refractivity contribution in [3.05, 3.63) is 81.3 Å². The number of fused-ring (bicyclic) bond motifs is 1. The highest BCUT2D eigenvalue weighted by molar-refractivity contribution is 7.22.